The van der Waals surface area contributed by atoms with E-state index in [9.17, 15) is 4.39 Å². The Balaban J connectivity index is 2.91. The Morgan fingerprint density at radius 3 is 2.46 bits per heavy atom. The highest BCUT2D eigenvalue weighted by Gasteiger charge is 2.13. The van der Waals surface area contributed by atoms with Gasteiger partial charge in [0.2, 0.25) is 0 Å². The number of hydrogen-bond donors (Lipinski definition) is 0. The molecular weight excluding hydrogens is 163 g/mol. The molecule has 0 amide bonds. The van der Waals surface area contributed by atoms with Crippen LogP contribution in [0.5, 0.6) is 0 Å². The summed E-state index contributed by atoms with van der Waals surface area (Å²) in [5.41, 5.74) is 1.12. The summed E-state index contributed by atoms with van der Waals surface area (Å²) in [7, 11) is 0. The first kappa shape index (κ1) is 10.2. The van der Waals surface area contributed by atoms with E-state index in [1.807, 2.05) is 6.07 Å². The van der Waals surface area contributed by atoms with Crippen molar-refractivity contribution in [1.29, 1.82) is 0 Å². The van der Waals surface area contributed by atoms with Gasteiger partial charge in [-0.3, -0.25) is 0 Å². The van der Waals surface area contributed by atoms with Crippen LogP contribution in [0.2, 0.25) is 0 Å². The van der Waals surface area contributed by atoms with Gasteiger partial charge in [-0.25, -0.2) is 4.39 Å². The Morgan fingerprint density at radius 1 is 1.31 bits per heavy atom. The third-order valence-electron chi connectivity index (χ3n) is 2.52. The summed E-state index contributed by atoms with van der Waals surface area (Å²) in [5, 5.41) is 0. The van der Waals surface area contributed by atoms with E-state index in [-0.39, 0.29) is 5.82 Å². The zero-order valence-corrected chi connectivity index (χ0v) is 8.55. The van der Waals surface area contributed by atoms with Crippen LogP contribution in [0, 0.1) is 11.7 Å². The molecule has 0 aromatic heterocycles. The lowest BCUT2D eigenvalue weighted by molar-refractivity contribution is 0.482. The highest BCUT2D eigenvalue weighted by Crippen LogP contribution is 2.27. The van der Waals surface area contributed by atoms with Crippen LogP contribution >= 0.6 is 0 Å². The molecule has 1 aromatic rings. The third-order valence-corrected chi connectivity index (χ3v) is 2.52. The molecule has 0 radical (unpaired) electrons. The van der Waals surface area contributed by atoms with Gasteiger partial charge in [0.15, 0.2) is 0 Å². The second kappa shape index (κ2) is 4.40. The van der Waals surface area contributed by atoms with Crippen molar-refractivity contribution < 1.29 is 4.39 Å². The van der Waals surface area contributed by atoms with Gasteiger partial charge in [-0.15, -0.1) is 0 Å². The number of rotatable bonds is 3. The zero-order valence-electron chi connectivity index (χ0n) is 8.55. The average molecular weight is 180 g/mol. The van der Waals surface area contributed by atoms with E-state index >= 15 is 0 Å². The molecule has 0 N–H and O–H groups in total. The van der Waals surface area contributed by atoms with E-state index in [2.05, 4.69) is 20.8 Å². The Labute approximate surface area is 79.8 Å². The van der Waals surface area contributed by atoms with Gasteiger partial charge >= 0.3 is 0 Å². The van der Waals surface area contributed by atoms with Crippen LogP contribution in [0.25, 0.3) is 0 Å². The highest BCUT2D eigenvalue weighted by atomic mass is 19.1. The van der Waals surface area contributed by atoms with Crippen molar-refractivity contribution in [3.05, 3.63) is 35.6 Å². The molecule has 1 rings (SSSR count). The standard InChI is InChI=1S/C12H17F/c1-4-12(9(2)3)10-6-5-7-11(13)8-10/h5-9,12H,4H2,1-3H3/t12-/m0/s1. The third kappa shape index (κ3) is 2.55. The molecule has 0 unspecified atom stereocenters. The normalized spacial score (nSPS) is 13.3. The summed E-state index contributed by atoms with van der Waals surface area (Å²) >= 11 is 0. The topological polar surface area (TPSA) is 0 Å². The Kier molecular flexibility index (Phi) is 3.47. The molecule has 0 saturated carbocycles. The Hall–Kier alpha value is -0.850. The number of halogens is 1. The van der Waals surface area contributed by atoms with E-state index in [1.165, 1.54) is 6.07 Å². The predicted molar refractivity (Wildman–Crippen MR) is 54.3 cm³/mol. The predicted octanol–water partition coefficient (Wildman–Crippen LogP) is 3.98. The highest BCUT2D eigenvalue weighted by molar-refractivity contribution is 5.20. The number of benzene rings is 1. The molecule has 1 atom stereocenters. The SMILES string of the molecule is CC[C@H](c1cccc(F)c1)C(C)C. The van der Waals surface area contributed by atoms with Gasteiger partial charge in [-0.2, -0.15) is 0 Å². The first-order chi connectivity index (χ1) is 6.15. The van der Waals surface area contributed by atoms with E-state index < -0.39 is 0 Å². The van der Waals surface area contributed by atoms with Gasteiger partial charge in [0.1, 0.15) is 5.82 Å². The van der Waals surface area contributed by atoms with E-state index in [0.717, 1.165) is 12.0 Å². The number of hydrogen-bond acceptors (Lipinski definition) is 0. The summed E-state index contributed by atoms with van der Waals surface area (Å²) < 4.78 is 12.9. The quantitative estimate of drug-likeness (QED) is 0.660. The maximum Gasteiger partial charge on any atom is 0.123 e. The van der Waals surface area contributed by atoms with Crippen LogP contribution in [0.3, 0.4) is 0 Å². The van der Waals surface area contributed by atoms with Gasteiger partial charge in [0.05, 0.1) is 0 Å². The van der Waals surface area contributed by atoms with Gasteiger partial charge in [0, 0.05) is 0 Å². The molecule has 0 saturated heterocycles. The largest absolute Gasteiger partial charge is 0.207 e. The minimum atomic E-state index is -0.128. The molecule has 0 spiro atoms. The van der Waals surface area contributed by atoms with E-state index in [4.69, 9.17) is 0 Å². The summed E-state index contributed by atoms with van der Waals surface area (Å²) in [6.45, 7) is 6.51. The van der Waals surface area contributed by atoms with Crippen molar-refractivity contribution in [3.63, 3.8) is 0 Å². The lowest BCUT2D eigenvalue weighted by Gasteiger charge is -2.19. The van der Waals surface area contributed by atoms with Gasteiger partial charge in [-0.1, -0.05) is 32.9 Å². The molecule has 13 heavy (non-hydrogen) atoms. The maximum atomic E-state index is 12.9. The monoisotopic (exact) mass is 180 g/mol. The molecule has 0 aliphatic heterocycles. The fourth-order valence-electron chi connectivity index (χ4n) is 1.83. The second-order valence-corrected chi connectivity index (χ2v) is 3.81. The Morgan fingerprint density at radius 2 is 2.00 bits per heavy atom. The lowest BCUT2D eigenvalue weighted by atomic mass is 9.86. The molecule has 0 bridgehead atoms. The first-order valence-corrected chi connectivity index (χ1v) is 4.90. The summed E-state index contributed by atoms with van der Waals surface area (Å²) in [4.78, 5) is 0. The van der Waals surface area contributed by atoms with Crippen molar-refractivity contribution in [3.8, 4) is 0 Å². The van der Waals surface area contributed by atoms with E-state index in [1.54, 1.807) is 12.1 Å². The van der Waals surface area contributed by atoms with Gasteiger partial charge < -0.3 is 0 Å². The van der Waals surface area contributed by atoms with Crippen molar-refractivity contribution in [1.82, 2.24) is 0 Å². The summed E-state index contributed by atoms with van der Waals surface area (Å²) in [6.07, 6.45) is 1.07. The van der Waals surface area contributed by atoms with Crippen molar-refractivity contribution in [2.75, 3.05) is 0 Å². The summed E-state index contributed by atoms with van der Waals surface area (Å²) in [6, 6.07) is 6.94. The van der Waals surface area contributed by atoms with Crippen LogP contribution in [-0.2, 0) is 0 Å². The second-order valence-electron chi connectivity index (χ2n) is 3.81. The van der Waals surface area contributed by atoms with Gasteiger partial charge in [0.25, 0.3) is 0 Å². The van der Waals surface area contributed by atoms with Gasteiger partial charge in [-0.05, 0) is 36.0 Å². The van der Waals surface area contributed by atoms with Crippen LogP contribution in [0.15, 0.2) is 24.3 Å². The minimum absolute atomic E-state index is 0.128. The zero-order chi connectivity index (χ0) is 9.84. The maximum absolute atomic E-state index is 12.9. The van der Waals surface area contributed by atoms with E-state index in [0.29, 0.717) is 11.8 Å². The molecule has 0 heterocycles. The smallest absolute Gasteiger partial charge is 0.123 e. The fourth-order valence-corrected chi connectivity index (χ4v) is 1.83. The Bertz CT molecular complexity index is 266. The van der Waals surface area contributed by atoms with Crippen molar-refractivity contribution in [2.45, 2.75) is 33.1 Å². The minimum Gasteiger partial charge on any atom is -0.207 e. The van der Waals surface area contributed by atoms with Crippen LogP contribution < -0.4 is 0 Å². The van der Waals surface area contributed by atoms with Crippen LogP contribution in [0.4, 0.5) is 4.39 Å². The van der Waals surface area contributed by atoms with Crippen LogP contribution in [-0.4, -0.2) is 0 Å². The molecular formula is C12H17F. The molecule has 0 fully saturated rings. The first-order valence-electron chi connectivity index (χ1n) is 4.90. The molecule has 1 heteroatoms. The fraction of sp³-hybridized carbons (Fsp3) is 0.500. The summed E-state index contributed by atoms with van der Waals surface area (Å²) in [5.74, 6) is 0.930. The average Bonchev–Trinajstić information content (AvgIpc) is 2.04. The molecule has 1 aromatic carbocycles. The molecule has 0 aliphatic carbocycles. The van der Waals surface area contributed by atoms with Crippen molar-refractivity contribution >= 4 is 0 Å². The van der Waals surface area contributed by atoms with Crippen LogP contribution in [0.1, 0.15) is 38.7 Å². The van der Waals surface area contributed by atoms with Crippen molar-refractivity contribution in [2.24, 2.45) is 5.92 Å². The lowest BCUT2D eigenvalue weighted by Crippen LogP contribution is -2.05. The molecule has 0 aliphatic rings. The molecule has 0 nitrogen and oxygen atoms in total. The molecule has 72 valence electrons.